The molecular weight excluding hydrogens is 362 g/mol. The molecular formula is C24H21N3O2. The Balaban J connectivity index is 1.45. The standard InChI is InChI=1S/C24H21N3O2/c25-16-21-8-4-5-9-22(21)18-29-23-13-10-20(11-14-23)17-26-27-24(28)15-12-19-6-2-1-3-7-19/h1-11,13-14,17H,12,15,18H2,(H,27,28)/b26-17+. The van der Waals surface area contributed by atoms with E-state index in [4.69, 9.17) is 10.00 Å². The van der Waals surface area contributed by atoms with Crippen molar-refractivity contribution in [1.82, 2.24) is 5.43 Å². The average molecular weight is 383 g/mol. The summed E-state index contributed by atoms with van der Waals surface area (Å²) >= 11 is 0. The van der Waals surface area contributed by atoms with Crippen LogP contribution in [0.3, 0.4) is 0 Å². The lowest BCUT2D eigenvalue weighted by atomic mass is 10.1. The highest BCUT2D eigenvalue weighted by Gasteiger charge is 2.02. The fourth-order valence-corrected chi connectivity index (χ4v) is 2.70. The van der Waals surface area contributed by atoms with Gasteiger partial charge in [0.25, 0.3) is 0 Å². The van der Waals surface area contributed by atoms with Crippen LogP contribution >= 0.6 is 0 Å². The molecule has 0 saturated carbocycles. The summed E-state index contributed by atoms with van der Waals surface area (Å²) in [5, 5.41) is 13.1. The van der Waals surface area contributed by atoms with Crippen LogP contribution in [0.5, 0.6) is 5.75 Å². The normalized spacial score (nSPS) is 10.4. The topological polar surface area (TPSA) is 74.5 Å². The maximum absolute atomic E-state index is 11.9. The summed E-state index contributed by atoms with van der Waals surface area (Å²) in [5.41, 5.74) is 5.97. The minimum Gasteiger partial charge on any atom is -0.489 e. The van der Waals surface area contributed by atoms with Gasteiger partial charge in [0.05, 0.1) is 17.8 Å². The van der Waals surface area contributed by atoms with Crippen molar-refractivity contribution in [2.45, 2.75) is 19.4 Å². The van der Waals surface area contributed by atoms with Crippen molar-refractivity contribution in [3.8, 4) is 11.8 Å². The van der Waals surface area contributed by atoms with E-state index in [0.717, 1.165) is 16.7 Å². The van der Waals surface area contributed by atoms with Crippen LogP contribution in [-0.2, 0) is 17.8 Å². The SMILES string of the molecule is N#Cc1ccccc1COc1ccc(/C=N/NC(=O)CCc2ccccc2)cc1. The first-order valence-electron chi connectivity index (χ1n) is 9.31. The Kier molecular flexibility index (Phi) is 7.14. The van der Waals surface area contributed by atoms with E-state index in [1.54, 1.807) is 12.3 Å². The molecule has 0 bridgehead atoms. The second kappa shape index (κ2) is 10.4. The molecule has 0 aliphatic heterocycles. The third-order valence-electron chi connectivity index (χ3n) is 4.30. The van der Waals surface area contributed by atoms with Crippen LogP contribution in [-0.4, -0.2) is 12.1 Å². The molecule has 3 aromatic carbocycles. The summed E-state index contributed by atoms with van der Waals surface area (Å²) in [6.07, 6.45) is 2.66. The minimum absolute atomic E-state index is 0.124. The van der Waals surface area contributed by atoms with Crippen molar-refractivity contribution < 1.29 is 9.53 Å². The largest absolute Gasteiger partial charge is 0.489 e. The maximum atomic E-state index is 11.9. The van der Waals surface area contributed by atoms with E-state index >= 15 is 0 Å². The van der Waals surface area contributed by atoms with Gasteiger partial charge in [0, 0.05) is 12.0 Å². The number of ether oxygens (including phenoxy) is 1. The second-order valence-electron chi connectivity index (χ2n) is 6.41. The molecule has 0 unspecified atom stereocenters. The van der Waals surface area contributed by atoms with Crippen LogP contribution in [0.25, 0.3) is 0 Å². The van der Waals surface area contributed by atoms with Gasteiger partial charge in [-0.3, -0.25) is 4.79 Å². The number of carbonyl (C=O) groups excluding carboxylic acids is 1. The highest BCUT2D eigenvalue weighted by atomic mass is 16.5. The second-order valence-corrected chi connectivity index (χ2v) is 6.41. The fraction of sp³-hybridized carbons (Fsp3) is 0.125. The average Bonchev–Trinajstić information content (AvgIpc) is 2.78. The van der Waals surface area contributed by atoms with E-state index < -0.39 is 0 Å². The number of amides is 1. The number of carbonyl (C=O) groups is 1. The molecule has 0 aromatic heterocycles. The fourth-order valence-electron chi connectivity index (χ4n) is 2.70. The van der Waals surface area contributed by atoms with Gasteiger partial charge >= 0.3 is 0 Å². The highest BCUT2D eigenvalue weighted by molar-refractivity contribution is 5.82. The number of hydrogen-bond donors (Lipinski definition) is 1. The molecule has 144 valence electrons. The molecule has 0 radical (unpaired) electrons. The quantitative estimate of drug-likeness (QED) is 0.467. The first-order chi connectivity index (χ1) is 14.2. The number of nitrogens with zero attached hydrogens (tertiary/aromatic N) is 2. The third-order valence-corrected chi connectivity index (χ3v) is 4.30. The van der Waals surface area contributed by atoms with Gasteiger partial charge in [-0.25, -0.2) is 5.43 Å². The third kappa shape index (κ3) is 6.33. The molecule has 0 aliphatic rings. The van der Waals surface area contributed by atoms with Gasteiger partial charge in [-0.1, -0.05) is 48.5 Å². The van der Waals surface area contributed by atoms with Gasteiger partial charge in [-0.2, -0.15) is 10.4 Å². The van der Waals surface area contributed by atoms with Gasteiger partial charge in [0.1, 0.15) is 12.4 Å². The first kappa shape index (κ1) is 19.8. The predicted octanol–water partition coefficient (Wildman–Crippen LogP) is 4.22. The summed E-state index contributed by atoms with van der Waals surface area (Å²) in [7, 11) is 0. The zero-order valence-electron chi connectivity index (χ0n) is 15.9. The number of hydrazone groups is 1. The smallest absolute Gasteiger partial charge is 0.240 e. The summed E-state index contributed by atoms with van der Waals surface area (Å²) in [6, 6.07) is 26.7. The molecule has 0 aliphatic carbocycles. The molecule has 5 heteroatoms. The van der Waals surface area contributed by atoms with E-state index in [-0.39, 0.29) is 5.91 Å². The Labute approximate surface area is 170 Å². The summed E-state index contributed by atoms with van der Waals surface area (Å²) in [5.74, 6) is 0.572. The molecule has 5 nitrogen and oxygen atoms in total. The lowest BCUT2D eigenvalue weighted by Gasteiger charge is -2.07. The van der Waals surface area contributed by atoms with Crippen molar-refractivity contribution in [1.29, 1.82) is 5.26 Å². The Hall–Kier alpha value is -3.91. The van der Waals surface area contributed by atoms with Crippen LogP contribution < -0.4 is 10.2 Å². The van der Waals surface area contributed by atoms with Crippen LogP contribution in [0, 0.1) is 11.3 Å². The van der Waals surface area contributed by atoms with Gasteiger partial charge in [-0.15, -0.1) is 0 Å². The summed E-state index contributed by atoms with van der Waals surface area (Å²) < 4.78 is 5.74. The molecule has 29 heavy (non-hydrogen) atoms. The van der Waals surface area contributed by atoms with Crippen molar-refractivity contribution in [2.75, 3.05) is 0 Å². The molecule has 3 rings (SSSR count). The Morgan fingerprint density at radius 2 is 1.72 bits per heavy atom. The first-order valence-corrected chi connectivity index (χ1v) is 9.31. The van der Waals surface area contributed by atoms with Crippen LogP contribution in [0.2, 0.25) is 0 Å². The van der Waals surface area contributed by atoms with Crippen molar-refractivity contribution in [3.05, 3.63) is 101 Å². The summed E-state index contributed by atoms with van der Waals surface area (Å²) in [6.45, 7) is 0.328. The van der Waals surface area contributed by atoms with Gasteiger partial charge in [0.15, 0.2) is 0 Å². The van der Waals surface area contributed by atoms with Gasteiger partial charge < -0.3 is 4.74 Å². The molecule has 0 spiro atoms. The number of rotatable bonds is 8. The van der Waals surface area contributed by atoms with E-state index in [9.17, 15) is 4.79 Å². The number of aryl methyl sites for hydroxylation is 1. The zero-order valence-corrected chi connectivity index (χ0v) is 15.9. The predicted molar refractivity (Wildman–Crippen MR) is 112 cm³/mol. The van der Waals surface area contributed by atoms with E-state index in [2.05, 4.69) is 16.6 Å². The van der Waals surface area contributed by atoms with Crippen molar-refractivity contribution in [3.63, 3.8) is 0 Å². The Bertz CT molecular complexity index is 1010. The van der Waals surface area contributed by atoms with Gasteiger partial charge in [-0.05, 0) is 47.9 Å². The van der Waals surface area contributed by atoms with Gasteiger partial charge in [0.2, 0.25) is 5.91 Å². The lowest BCUT2D eigenvalue weighted by Crippen LogP contribution is -2.17. The number of hydrogen-bond acceptors (Lipinski definition) is 4. The zero-order chi connectivity index (χ0) is 20.3. The van der Waals surface area contributed by atoms with E-state index in [1.165, 1.54) is 0 Å². The van der Waals surface area contributed by atoms with Crippen LogP contribution in [0.1, 0.15) is 28.7 Å². The molecule has 0 fully saturated rings. The Morgan fingerprint density at radius 1 is 1.00 bits per heavy atom. The van der Waals surface area contributed by atoms with E-state index in [0.29, 0.717) is 30.8 Å². The van der Waals surface area contributed by atoms with Crippen LogP contribution in [0.15, 0.2) is 84.0 Å². The maximum Gasteiger partial charge on any atom is 0.240 e. The molecule has 3 aromatic rings. The van der Waals surface area contributed by atoms with Crippen molar-refractivity contribution in [2.24, 2.45) is 5.10 Å². The molecule has 0 heterocycles. The van der Waals surface area contributed by atoms with Crippen LogP contribution in [0.4, 0.5) is 0 Å². The minimum atomic E-state index is -0.124. The number of benzene rings is 3. The summed E-state index contributed by atoms with van der Waals surface area (Å²) in [4.78, 5) is 11.9. The molecule has 0 saturated heterocycles. The number of nitrogens with one attached hydrogen (secondary N) is 1. The lowest BCUT2D eigenvalue weighted by molar-refractivity contribution is -0.121. The monoisotopic (exact) mass is 383 g/mol. The Morgan fingerprint density at radius 3 is 2.48 bits per heavy atom. The molecule has 1 amide bonds. The molecule has 1 N–H and O–H groups in total. The molecule has 0 atom stereocenters. The highest BCUT2D eigenvalue weighted by Crippen LogP contribution is 2.15. The number of nitriles is 1. The van der Waals surface area contributed by atoms with E-state index in [1.807, 2.05) is 72.8 Å². The van der Waals surface area contributed by atoms with Crippen molar-refractivity contribution >= 4 is 12.1 Å².